The lowest BCUT2D eigenvalue weighted by Gasteiger charge is -2.25. The summed E-state index contributed by atoms with van der Waals surface area (Å²) >= 11 is 0. The van der Waals surface area contributed by atoms with Gasteiger partial charge in [-0.05, 0) is 74.7 Å². The van der Waals surface area contributed by atoms with Gasteiger partial charge in [-0.2, -0.15) is 10.2 Å². The highest BCUT2D eigenvalue weighted by atomic mass is 16.4. The Morgan fingerprint density at radius 1 is 0.929 bits per heavy atom. The number of amides is 3. The Hall–Kier alpha value is -4.91. The van der Waals surface area contributed by atoms with Crippen LogP contribution in [0.1, 0.15) is 32.6 Å². The van der Waals surface area contributed by atoms with Gasteiger partial charge < -0.3 is 26.2 Å². The number of aliphatic carboxylic acids is 2. The van der Waals surface area contributed by atoms with Gasteiger partial charge in [0.05, 0.1) is 17.3 Å². The fourth-order valence-electron chi connectivity index (χ4n) is 4.28. The second-order valence-electron chi connectivity index (χ2n) is 9.66. The first-order chi connectivity index (χ1) is 20.1. The Balaban J connectivity index is 1.46. The van der Waals surface area contributed by atoms with E-state index in [9.17, 15) is 29.1 Å². The maximum absolute atomic E-state index is 12.3. The summed E-state index contributed by atoms with van der Waals surface area (Å²) in [6.45, 7) is 3.48. The fourth-order valence-corrected chi connectivity index (χ4v) is 4.28. The number of carboxylic acids is 2. The van der Waals surface area contributed by atoms with Gasteiger partial charge in [0.2, 0.25) is 5.91 Å². The summed E-state index contributed by atoms with van der Waals surface area (Å²) in [5.41, 5.74) is 8.10. The average Bonchev–Trinajstić information content (AvgIpc) is 3.29. The summed E-state index contributed by atoms with van der Waals surface area (Å²) in [7, 11) is 0. The molecule has 0 aliphatic carbocycles. The molecule has 222 valence electrons. The minimum Gasteiger partial charge on any atom is -0.481 e. The molecule has 5 N–H and O–H groups in total. The highest BCUT2D eigenvalue weighted by molar-refractivity contribution is 6.12. The van der Waals surface area contributed by atoms with Crippen molar-refractivity contribution in [1.82, 2.24) is 4.90 Å². The van der Waals surface area contributed by atoms with Crippen LogP contribution in [0.25, 0.3) is 0 Å². The van der Waals surface area contributed by atoms with E-state index in [1.807, 2.05) is 36.1 Å². The molecule has 1 aliphatic rings. The zero-order valence-electron chi connectivity index (χ0n) is 23.2. The van der Waals surface area contributed by atoms with Gasteiger partial charge in [0, 0.05) is 49.6 Å². The SMILES string of the molecule is CCN(CCN1C(=O)C=CC1=O)c1ccc(/N=N/c2ccc(NC(=O)CCCC(C[C@H](N)C(=O)O)C(=O)O)cc2)cc1. The first-order valence-corrected chi connectivity index (χ1v) is 13.5. The van der Waals surface area contributed by atoms with Crippen molar-refractivity contribution in [3.8, 4) is 0 Å². The van der Waals surface area contributed by atoms with Crippen molar-refractivity contribution in [3.05, 3.63) is 60.7 Å². The molecule has 42 heavy (non-hydrogen) atoms. The minimum absolute atomic E-state index is 0.0741. The number of benzene rings is 2. The molecule has 2 aromatic rings. The first kappa shape index (κ1) is 31.6. The number of rotatable bonds is 16. The highest BCUT2D eigenvalue weighted by Gasteiger charge is 2.25. The summed E-state index contributed by atoms with van der Waals surface area (Å²) in [5.74, 6) is -4.24. The topological polar surface area (TPSA) is 195 Å². The number of imide groups is 1. The zero-order chi connectivity index (χ0) is 30.6. The average molecular weight is 579 g/mol. The predicted octanol–water partition coefficient (Wildman–Crippen LogP) is 3.46. The number of carboxylic acid groups (broad SMARTS) is 2. The molecule has 0 fully saturated rings. The van der Waals surface area contributed by atoms with Gasteiger partial charge in [-0.25, -0.2) is 0 Å². The Labute approximate surface area is 242 Å². The normalized spacial score (nSPS) is 14.3. The molecular formula is C29H34N6O7. The third-order valence-corrected chi connectivity index (χ3v) is 6.68. The number of carbonyl (C=O) groups excluding carboxylic acids is 3. The van der Waals surface area contributed by atoms with Crippen LogP contribution >= 0.6 is 0 Å². The van der Waals surface area contributed by atoms with Crippen molar-refractivity contribution in [2.75, 3.05) is 29.9 Å². The van der Waals surface area contributed by atoms with E-state index >= 15 is 0 Å². The molecule has 1 aliphatic heterocycles. The lowest BCUT2D eigenvalue weighted by molar-refractivity contribution is -0.144. The number of likely N-dealkylation sites (N-methyl/N-ethyl adjacent to an activating group) is 1. The molecule has 1 heterocycles. The number of nitrogens with zero attached hydrogens (tertiary/aromatic N) is 4. The van der Waals surface area contributed by atoms with Crippen LogP contribution in [0.4, 0.5) is 22.7 Å². The minimum atomic E-state index is -1.27. The van der Waals surface area contributed by atoms with Crippen LogP contribution in [-0.4, -0.2) is 70.4 Å². The van der Waals surface area contributed by atoms with E-state index in [2.05, 4.69) is 15.5 Å². The predicted molar refractivity (Wildman–Crippen MR) is 155 cm³/mol. The molecule has 0 spiro atoms. The third-order valence-electron chi connectivity index (χ3n) is 6.68. The molecule has 13 nitrogen and oxygen atoms in total. The van der Waals surface area contributed by atoms with Crippen molar-refractivity contribution in [2.24, 2.45) is 21.9 Å². The van der Waals surface area contributed by atoms with Gasteiger partial charge in [-0.1, -0.05) is 0 Å². The van der Waals surface area contributed by atoms with E-state index in [0.717, 1.165) is 5.69 Å². The fraction of sp³-hybridized carbons (Fsp3) is 0.345. The van der Waals surface area contributed by atoms with Crippen LogP contribution in [0.3, 0.4) is 0 Å². The standard InChI is InChI=1S/C29H34N6O7/c1-2-34(16-17-35-26(37)14-15-27(35)38)23-12-10-22(11-13-23)33-32-21-8-6-20(7-9-21)31-25(36)5-3-4-19(28(39)40)18-24(30)29(41)42/h6-15,19,24H,2-5,16-18,30H2,1H3,(H,31,36)(H,39,40)(H,41,42)/b33-32+/t19?,24-/m0/s1. The van der Waals surface area contributed by atoms with Gasteiger partial charge in [0.15, 0.2) is 0 Å². The van der Waals surface area contributed by atoms with Gasteiger partial charge >= 0.3 is 11.9 Å². The number of carbonyl (C=O) groups is 5. The first-order valence-electron chi connectivity index (χ1n) is 13.5. The van der Waals surface area contributed by atoms with E-state index < -0.39 is 23.9 Å². The van der Waals surface area contributed by atoms with Gasteiger partial charge in [-0.15, -0.1) is 0 Å². The molecule has 1 unspecified atom stereocenters. The van der Waals surface area contributed by atoms with Crippen LogP contribution in [0.2, 0.25) is 0 Å². The molecule has 3 amide bonds. The number of nitrogens with one attached hydrogen (secondary N) is 1. The number of hydrogen-bond acceptors (Lipinski definition) is 9. The Bertz CT molecular complexity index is 1320. The van der Waals surface area contributed by atoms with Crippen molar-refractivity contribution < 1.29 is 34.2 Å². The quantitative estimate of drug-likeness (QED) is 0.170. The molecule has 13 heteroatoms. The van der Waals surface area contributed by atoms with Crippen LogP contribution in [0.15, 0.2) is 70.9 Å². The Kier molecular flexibility index (Phi) is 11.4. The molecule has 2 aromatic carbocycles. The number of anilines is 2. The Morgan fingerprint density at radius 2 is 1.50 bits per heavy atom. The van der Waals surface area contributed by atoms with Crippen molar-refractivity contribution in [3.63, 3.8) is 0 Å². The van der Waals surface area contributed by atoms with Gasteiger partial charge in [0.1, 0.15) is 6.04 Å². The summed E-state index contributed by atoms with van der Waals surface area (Å²) in [6.07, 6.45) is 2.83. The summed E-state index contributed by atoms with van der Waals surface area (Å²) < 4.78 is 0. The monoisotopic (exact) mass is 578 g/mol. The van der Waals surface area contributed by atoms with E-state index in [-0.39, 0.29) is 43.4 Å². The number of hydrogen-bond donors (Lipinski definition) is 4. The molecule has 2 atom stereocenters. The summed E-state index contributed by atoms with van der Waals surface area (Å²) in [4.78, 5) is 61.3. The lowest BCUT2D eigenvalue weighted by atomic mass is 9.94. The van der Waals surface area contributed by atoms with E-state index in [0.29, 0.717) is 36.7 Å². The lowest BCUT2D eigenvalue weighted by Crippen LogP contribution is -2.38. The molecular weight excluding hydrogens is 544 g/mol. The van der Waals surface area contributed by atoms with Gasteiger partial charge in [-0.3, -0.25) is 28.9 Å². The van der Waals surface area contributed by atoms with Crippen LogP contribution in [-0.2, 0) is 24.0 Å². The second kappa shape index (κ2) is 15.2. The molecule has 3 rings (SSSR count). The molecule has 0 saturated heterocycles. The highest BCUT2D eigenvalue weighted by Crippen LogP contribution is 2.24. The zero-order valence-corrected chi connectivity index (χ0v) is 23.2. The molecule has 0 aromatic heterocycles. The van der Waals surface area contributed by atoms with Crippen LogP contribution in [0.5, 0.6) is 0 Å². The largest absolute Gasteiger partial charge is 0.481 e. The Morgan fingerprint density at radius 3 is 2.02 bits per heavy atom. The third kappa shape index (κ3) is 9.34. The van der Waals surface area contributed by atoms with E-state index in [1.165, 1.54) is 17.1 Å². The van der Waals surface area contributed by atoms with Crippen molar-refractivity contribution in [2.45, 2.75) is 38.6 Å². The molecule has 0 saturated carbocycles. The number of nitrogens with two attached hydrogens (primary N) is 1. The van der Waals surface area contributed by atoms with E-state index in [4.69, 9.17) is 10.8 Å². The van der Waals surface area contributed by atoms with Crippen LogP contribution < -0.4 is 16.0 Å². The van der Waals surface area contributed by atoms with E-state index in [1.54, 1.807) is 24.3 Å². The number of azo groups is 1. The maximum Gasteiger partial charge on any atom is 0.320 e. The molecule has 0 bridgehead atoms. The molecule has 0 radical (unpaired) electrons. The smallest absolute Gasteiger partial charge is 0.320 e. The van der Waals surface area contributed by atoms with Crippen LogP contribution in [0, 0.1) is 5.92 Å². The second-order valence-corrected chi connectivity index (χ2v) is 9.66. The summed E-state index contributed by atoms with van der Waals surface area (Å²) in [5, 5.41) is 29.4. The van der Waals surface area contributed by atoms with Crippen molar-refractivity contribution in [1.29, 1.82) is 0 Å². The van der Waals surface area contributed by atoms with Crippen molar-refractivity contribution >= 4 is 52.4 Å². The maximum atomic E-state index is 12.3. The van der Waals surface area contributed by atoms with Gasteiger partial charge in [0.25, 0.3) is 11.8 Å². The summed E-state index contributed by atoms with van der Waals surface area (Å²) in [6, 6.07) is 12.9.